The van der Waals surface area contributed by atoms with Crippen molar-refractivity contribution in [1.82, 2.24) is 4.98 Å². The van der Waals surface area contributed by atoms with Crippen LogP contribution in [0.1, 0.15) is 5.56 Å². The average Bonchev–Trinajstić information content (AvgIpc) is 2.39. The first-order valence-corrected chi connectivity index (χ1v) is 7.39. The molecule has 0 atom stereocenters. The van der Waals surface area contributed by atoms with Crippen LogP contribution in [0.25, 0.3) is 0 Å². The summed E-state index contributed by atoms with van der Waals surface area (Å²) in [5, 5.41) is 8.67. The second-order valence-corrected chi connectivity index (χ2v) is 6.02. The standard InChI is InChI=1S/C12H7ClN2O3S/c13-19(16,17)11-2-1-7-15-12(11)18-10-5-3-9(8-14)4-6-10/h1-7H. The Morgan fingerprint density at radius 2 is 1.89 bits per heavy atom. The zero-order valence-electron chi connectivity index (χ0n) is 9.45. The molecular formula is C12H7ClN2O3S. The summed E-state index contributed by atoms with van der Waals surface area (Å²) in [6.45, 7) is 0. The van der Waals surface area contributed by atoms with Gasteiger partial charge < -0.3 is 4.74 Å². The summed E-state index contributed by atoms with van der Waals surface area (Å²) >= 11 is 0. The van der Waals surface area contributed by atoms with Crippen molar-refractivity contribution in [2.45, 2.75) is 4.90 Å². The Bertz CT molecular complexity index is 736. The Labute approximate surface area is 114 Å². The number of nitrogens with zero attached hydrogens (tertiary/aromatic N) is 2. The van der Waals surface area contributed by atoms with Crippen molar-refractivity contribution < 1.29 is 13.2 Å². The summed E-state index contributed by atoms with van der Waals surface area (Å²) in [7, 11) is 1.35. The van der Waals surface area contributed by atoms with Gasteiger partial charge in [-0.25, -0.2) is 13.4 Å². The van der Waals surface area contributed by atoms with Crippen LogP contribution in [0.3, 0.4) is 0 Å². The van der Waals surface area contributed by atoms with Gasteiger partial charge in [0.2, 0.25) is 5.88 Å². The van der Waals surface area contributed by atoms with Crippen LogP contribution >= 0.6 is 10.7 Å². The Morgan fingerprint density at radius 3 is 2.47 bits per heavy atom. The molecule has 5 nitrogen and oxygen atoms in total. The smallest absolute Gasteiger partial charge is 0.266 e. The second kappa shape index (κ2) is 5.26. The molecule has 2 aromatic rings. The number of rotatable bonds is 3. The lowest BCUT2D eigenvalue weighted by atomic mass is 10.2. The molecule has 0 unspecified atom stereocenters. The van der Waals surface area contributed by atoms with Gasteiger partial charge in [0, 0.05) is 16.9 Å². The average molecular weight is 295 g/mol. The molecule has 0 bridgehead atoms. The molecule has 0 spiro atoms. The van der Waals surface area contributed by atoms with Crippen LogP contribution in [0, 0.1) is 11.3 Å². The lowest BCUT2D eigenvalue weighted by Gasteiger charge is -2.07. The van der Waals surface area contributed by atoms with Gasteiger partial charge in [0.15, 0.2) is 0 Å². The van der Waals surface area contributed by atoms with Crippen molar-refractivity contribution in [3.63, 3.8) is 0 Å². The van der Waals surface area contributed by atoms with Crippen molar-refractivity contribution in [2.24, 2.45) is 0 Å². The molecule has 0 N–H and O–H groups in total. The zero-order valence-corrected chi connectivity index (χ0v) is 11.0. The SMILES string of the molecule is N#Cc1ccc(Oc2ncccc2S(=O)(=O)Cl)cc1. The third kappa shape index (κ3) is 3.22. The topological polar surface area (TPSA) is 80.0 Å². The van der Waals surface area contributed by atoms with E-state index in [0.29, 0.717) is 11.3 Å². The third-order valence-corrected chi connectivity index (χ3v) is 3.53. The van der Waals surface area contributed by atoms with Gasteiger partial charge in [-0.2, -0.15) is 5.26 Å². The summed E-state index contributed by atoms with van der Waals surface area (Å²) in [4.78, 5) is 3.62. The summed E-state index contributed by atoms with van der Waals surface area (Å²) < 4.78 is 28.0. The van der Waals surface area contributed by atoms with Crippen LogP contribution < -0.4 is 4.74 Å². The van der Waals surface area contributed by atoms with E-state index >= 15 is 0 Å². The molecule has 1 heterocycles. The maximum absolute atomic E-state index is 11.3. The van der Waals surface area contributed by atoms with Gasteiger partial charge in [0.05, 0.1) is 11.6 Å². The Kier molecular flexibility index (Phi) is 3.69. The van der Waals surface area contributed by atoms with Crippen LogP contribution in [0.5, 0.6) is 11.6 Å². The summed E-state index contributed by atoms with van der Waals surface area (Å²) in [5.41, 5.74) is 0.471. The van der Waals surface area contributed by atoms with Crippen molar-refractivity contribution >= 4 is 19.7 Å². The summed E-state index contributed by atoms with van der Waals surface area (Å²) in [6.07, 6.45) is 1.39. The lowest BCUT2D eigenvalue weighted by molar-refractivity contribution is 0.448. The van der Waals surface area contributed by atoms with E-state index in [4.69, 9.17) is 20.7 Å². The van der Waals surface area contributed by atoms with E-state index in [2.05, 4.69) is 4.98 Å². The number of benzene rings is 1. The fraction of sp³-hybridized carbons (Fsp3) is 0. The van der Waals surface area contributed by atoms with Gasteiger partial charge in [0.1, 0.15) is 10.6 Å². The first-order chi connectivity index (χ1) is 9.00. The molecule has 96 valence electrons. The third-order valence-electron chi connectivity index (χ3n) is 2.20. The molecule has 0 aliphatic rings. The van der Waals surface area contributed by atoms with Crippen molar-refractivity contribution in [1.29, 1.82) is 5.26 Å². The highest BCUT2D eigenvalue weighted by Crippen LogP contribution is 2.28. The van der Waals surface area contributed by atoms with Crippen LogP contribution in [-0.2, 0) is 9.05 Å². The van der Waals surface area contributed by atoms with E-state index in [0.717, 1.165) is 0 Å². The highest BCUT2D eigenvalue weighted by molar-refractivity contribution is 8.13. The van der Waals surface area contributed by atoms with Crippen LogP contribution in [0.15, 0.2) is 47.5 Å². The van der Waals surface area contributed by atoms with E-state index < -0.39 is 9.05 Å². The minimum Gasteiger partial charge on any atom is -0.438 e. The molecule has 2 rings (SSSR count). The Morgan fingerprint density at radius 1 is 1.21 bits per heavy atom. The predicted molar refractivity (Wildman–Crippen MR) is 68.5 cm³/mol. The van der Waals surface area contributed by atoms with Gasteiger partial charge in [-0.15, -0.1) is 0 Å². The number of hydrogen-bond donors (Lipinski definition) is 0. The first kappa shape index (κ1) is 13.3. The largest absolute Gasteiger partial charge is 0.438 e. The van der Waals surface area contributed by atoms with E-state index in [9.17, 15) is 8.42 Å². The molecule has 0 amide bonds. The molecule has 7 heteroatoms. The maximum Gasteiger partial charge on any atom is 0.266 e. The number of pyridine rings is 1. The highest BCUT2D eigenvalue weighted by atomic mass is 35.7. The molecule has 1 aromatic carbocycles. The molecule has 0 fully saturated rings. The number of ether oxygens (including phenoxy) is 1. The Balaban J connectivity index is 2.36. The summed E-state index contributed by atoms with van der Waals surface area (Å²) in [6, 6.07) is 10.9. The molecule has 1 aromatic heterocycles. The molecule has 0 saturated carbocycles. The number of hydrogen-bond acceptors (Lipinski definition) is 5. The quantitative estimate of drug-likeness (QED) is 0.813. The lowest BCUT2D eigenvalue weighted by Crippen LogP contribution is -1.97. The first-order valence-electron chi connectivity index (χ1n) is 5.08. The fourth-order valence-corrected chi connectivity index (χ4v) is 2.24. The number of halogens is 1. The predicted octanol–water partition coefficient (Wildman–Crippen LogP) is 2.67. The maximum atomic E-state index is 11.3. The highest BCUT2D eigenvalue weighted by Gasteiger charge is 2.18. The van der Waals surface area contributed by atoms with Crippen LogP contribution in [0.2, 0.25) is 0 Å². The number of nitriles is 1. The minimum atomic E-state index is -3.93. The van der Waals surface area contributed by atoms with Crippen molar-refractivity contribution in [2.75, 3.05) is 0 Å². The molecule has 19 heavy (non-hydrogen) atoms. The van der Waals surface area contributed by atoms with Crippen molar-refractivity contribution in [3.05, 3.63) is 48.2 Å². The van der Waals surface area contributed by atoms with Gasteiger partial charge in [-0.1, -0.05) is 0 Å². The normalized spacial score (nSPS) is 10.7. The zero-order chi connectivity index (χ0) is 13.9. The number of aromatic nitrogens is 1. The molecule has 0 saturated heterocycles. The van der Waals surface area contributed by atoms with Gasteiger partial charge >= 0.3 is 0 Å². The summed E-state index contributed by atoms with van der Waals surface area (Å²) in [5.74, 6) is 0.251. The molecule has 0 radical (unpaired) electrons. The van der Waals surface area contributed by atoms with Crippen LogP contribution in [-0.4, -0.2) is 13.4 Å². The van der Waals surface area contributed by atoms with Gasteiger partial charge in [0.25, 0.3) is 9.05 Å². The monoisotopic (exact) mass is 294 g/mol. The Hall–Kier alpha value is -2.10. The van der Waals surface area contributed by atoms with E-state index in [1.54, 1.807) is 12.1 Å². The van der Waals surface area contributed by atoms with E-state index in [1.165, 1.54) is 30.5 Å². The van der Waals surface area contributed by atoms with E-state index in [-0.39, 0.29) is 10.8 Å². The fourth-order valence-electron chi connectivity index (χ4n) is 1.35. The second-order valence-electron chi connectivity index (χ2n) is 3.48. The molecule has 0 aliphatic heterocycles. The van der Waals surface area contributed by atoms with Gasteiger partial charge in [-0.3, -0.25) is 0 Å². The minimum absolute atomic E-state index is 0.109. The van der Waals surface area contributed by atoms with Gasteiger partial charge in [-0.05, 0) is 36.4 Å². The van der Waals surface area contributed by atoms with Crippen molar-refractivity contribution in [3.8, 4) is 17.7 Å². The van der Waals surface area contributed by atoms with Crippen LogP contribution in [0.4, 0.5) is 0 Å². The van der Waals surface area contributed by atoms with E-state index in [1.807, 2.05) is 6.07 Å². The molecular weight excluding hydrogens is 288 g/mol. The molecule has 0 aliphatic carbocycles.